The van der Waals surface area contributed by atoms with Crippen molar-refractivity contribution in [2.24, 2.45) is 0 Å². The van der Waals surface area contributed by atoms with Crippen LogP contribution >= 0.6 is 11.3 Å². The Morgan fingerprint density at radius 1 is 1.62 bits per heavy atom. The van der Waals surface area contributed by atoms with E-state index in [0.29, 0.717) is 0 Å². The Morgan fingerprint density at radius 2 is 2.31 bits per heavy atom. The zero-order chi connectivity index (χ0) is 9.84. The van der Waals surface area contributed by atoms with Crippen LogP contribution in [0, 0.1) is 6.92 Å². The number of rotatable bonds is 3. The summed E-state index contributed by atoms with van der Waals surface area (Å²) < 4.78 is 0. The summed E-state index contributed by atoms with van der Waals surface area (Å²) in [6, 6.07) is 0. The molecule has 0 saturated heterocycles. The Bertz CT molecular complexity index is 334. The molecule has 13 heavy (non-hydrogen) atoms. The van der Waals surface area contributed by atoms with E-state index in [1.165, 1.54) is 10.5 Å². The largest absolute Gasteiger partial charge is 0.242 e. The Kier molecular flexibility index (Phi) is 3.43. The van der Waals surface area contributed by atoms with Crippen molar-refractivity contribution in [3.05, 3.63) is 27.7 Å². The van der Waals surface area contributed by atoms with Crippen LogP contribution in [0.3, 0.4) is 0 Å². The number of nitrogens with zero attached hydrogens (tertiary/aromatic N) is 1. The SMILES string of the molecule is C=Cc1nc(C)sc1/C=C(\C)CC. The number of hydrogen-bond donors (Lipinski definition) is 0. The van der Waals surface area contributed by atoms with Crippen molar-refractivity contribution in [2.45, 2.75) is 27.2 Å². The predicted molar refractivity (Wildman–Crippen MR) is 60.9 cm³/mol. The summed E-state index contributed by atoms with van der Waals surface area (Å²) in [5.74, 6) is 0. The molecule has 70 valence electrons. The number of aryl methyl sites for hydroxylation is 1. The van der Waals surface area contributed by atoms with Gasteiger partial charge < -0.3 is 0 Å². The monoisotopic (exact) mass is 193 g/mol. The zero-order valence-corrected chi connectivity index (χ0v) is 9.24. The standard InChI is InChI=1S/C11H15NS/c1-5-8(3)7-11-10(6-2)12-9(4)13-11/h6-7H,2,5H2,1,3-4H3/b8-7+. The lowest BCUT2D eigenvalue weighted by atomic mass is 10.2. The van der Waals surface area contributed by atoms with Gasteiger partial charge in [-0.2, -0.15) is 0 Å². The number of hydrogen-bond acceptors (Lipinski definition) is 2. The highest BCUT2D eigenvalue weighted by Gasteiger charge is 2.02. The maximum atomic E-state index is 4.37. The van der Waals surface area contributed by atoms with Gasteiger partial charge in [-0.15, -0.1) is 11.3 Å². The van der Waals surface area contributed by atoms with E-state index in [2.05, 4.69) is 31.5 Å². The minimum atomic E-state index is 1.01. The molecule has 0 saturated carbocycles. The Hall–Kier alpha value is -0.890. The van der Waals surface area contributed by atoms with E-state index in [0.717, 1.165) is 17.1 Å². The van der Waals surface area contributed by atoms with E-state index in [1.807, 2.05) is 13.0 Å². The molecular formula is C11H15NS. The van der Waals surface area contributed by atoms with E-state index in [9.17, 15) is 0 Å². The molecule has 1 nitrogen and oxygen atoms in total. The van der Waals surface area contributed by atoms with Crippen molar-refractivity contribution >= 4 is 23.5 Å². The van der Waals surface area contributed by atoms with E-state index in [4.69, 9.17) is 0 Å². The van der Waals surface area contributed by atoms with E-state index in [-0.39, 0.29) is 0 Å². The summed E-state index contributed by atoms with van der Waals surface area (Å²) in [6.45, 7) is 10.1. The summed E-state index contributed by atoms with van der Waals surface area (Å²) in [4.78, 5) is 5.60. The summed E-state index contributed by atoms with van der Waals surface area (Å²) in [5, 5.41) is 1.10. The van der Waals surface area contributed by atoms with Crippen LogP contribution in [0.1, 0.15) is 35.8 Å². The molecule has 0 spiro atoms. The minimum Gasteiger partial charge on any atom is -0.242 e. The molecule has 1 aromatic heterocycles. The third-order valence-corrected chi connectivity index (χ3v) is 2.85. The van der Waals surface area contributed by atoms with Gasteiger partial charge in [0.2, 0.25) is 0 Å². The molecule has 0 N–H and O–H groups in total. The summed E-state index contributed by atoms with van der Waals surface area (Å²) in [5.41, 5.74) is 2.39. The fourth-order valence-corrected chi connectivity index (χ4v) is 1.99. The highest BCUT2D eigenvalue weighted by molar-refractivity contribution is 7.12. The van der Waals surface area contributed by atoms with Gasteiger partial charge in [-0.1, -0.05) is 19.1 Å². The first-order chi connectivity index (χ1) is 6.17. The van der Waals surface area contributed by atoms with Crippen LogP contribution in [0.25, 0.3) is 12.2 Å². The van der Waals surface area contributed by atoms with Crippen LogP contribution in [-0.2, 0) is 0 Å². The molecule has 0 aliphatic carbocycles. The average molecular weight is 193 g/mol. The molecule has 0 amide bonds. The zero-order valence-electron chi connectivity index (χ0n) is 8.42. The molecule has 0 fully saturated rings. The lowest BCUT2D eigenvalue weighted by molar-refractivity contribution is 1.11. The van der Waals surface area contributed by atoms with Crippen LogP contribution < -0.4 is 0 Å². The Labute approximate surface area is 83.8 Å². The maximum absolute atomic E-state index is 4.37. The van der Waals surface area contributed by atoms with Crippen molar-refractivity contribution in [1.82, 2.24) is 4.98 Å². The summed E-state index contributed by atoms with van der Waals surface area (Å²) >= 11 is 1.72. The fraction of sp³-hybridized carbons (Fsp3) is 0.364. The van der Waals surface area contributed by atoms with Gasteiger partial charge in [-0.05, 0) is 32.4 Å². The number of thiazole rings is 1. The molecule has 0 aromatic carbocycles. The number of aromatic nitrogens is 1. The van der Waals surface area contributed by atoms with Crippen LogP contribution in [-0.4, -0.2) is 4.98 Å². The third kappa shape index (κ3) is 2.52. The molecule has 2 heteroatoms. The molecule has 0 bridgehead atoms. The van der Waals surface area contributed by atoms with Crippen molar-refractivity contribution in [2.75, 3.05) is 0 Å². The van der Waals surface area contributed by atoms with Crippen LogP contribution in [0.4, 0.5) is 0 Å². The van der Waals surface area contributed by atoms with Crippen LogP contribution in [0.5, 0.6) is 0 Å². The van der Waals surface area contributed by atoms with Gasteiger partial charge in [0.1, 0.15) is 0 Å². The molecule has 1 heterocycles. The van der Waals surface area contributed by atoms with Gasteiger partial charge in [0, 0.05) is 0 Å². The van der Waals surface area contributed by atoms with E-state index < -0.39 is 0 Å². The second-order valence-corrected chi connectivity index (χ2v) is 4.27. The molecule has 0 aliphatic heterocycles. The molecule has 0 aliphatic rings. The first-order valence-electron chi connectivity index (χ1n) is 4.44. The van der Waals surface area contributed by atoms with Crippen molar-refractivity contribution in [1.29, 1.82) is 0 Å². The van der Waals surface area contributed by atoms with Crippen LogP contribution in [0.15, 0.2) is 12.2 Å². The van der Waals surface area contributed by atoms with E-state index in [1.54, 1.807) is 11.3 Å². The molecule has 0 radical (unpaired) electrons. The molecule has 1 aromatic rings. The highest BCUT2D eigenvalue weighted by Crippen LogP contribution is 2.22. The second kappa shape index (κ2) is 4.38. The first kappa shape index (κ1) is 10.2. The van der Waals surface area contributed by atoms with Crippen molar-refractivity contribution in [3.8, 4) is 0 Å². The summed E-state index contributed by atoms with van der Waals surface area (Å²) in [7, 11) is 0. The average Bonchev–Trinajstić information content (AvgIpc) is 2.46. The topological polar surface area (TPSA) is 12.9 Å². The van der Waals surface area contributed by atoms with Gasteiger partial charge in [0.25, 0.3) is 0 Å². The molecule has 0 unspecified atom stereocenters. The number of allylic oxidation sites excluding steroid dienone is 1. The molecule has 0 atom stereocenters. The smallest absolute Gasteiger partial charge is 0.0907 e. The molecular weight excluding hydrogens is 178 g/mol. The first-order valence-corrected chi connectivity index (χ1v) is 5.26. The van der Waals surface area contributed by atoms with Gasteiger partial charge in [-0.25, -0.2) is 4.98 Å². The minimum absolute atomic E-state index is 1.01. The quantitative estimate of drug-likeness (QED) is 0.709. The Balaban J connectivity index is 3.06. The van der Waals surface area contributed by atoms with Gasteiger partial charge in [0.05, 0.1) is 15.6 Å². The normalized spacial score (nSPS) is 11.8. The fourth-order valence-electron chi connectivity index (χ4n) is 1.03. The van der Waals surface area contributed by atoms with Gasteiger partial charge in [0.15, 0.2) is 0 Å². The van der Waals surface area contributed by atoms with E-state index >= 15 is 0 Å². The van der Waals surface area contributed by atoms with Crippen LogP contribution in [0.2, 0.25) is 0 Å². The highest BCUT2D eigenvalue weighted by atomic mass is 32.1. The maximum Gasteiger partial charge on any atom is 0.0907 e. The Morgan fingerprint density at radius 3 is 2.85 bits per heavy atom. The van der Waals surface area contributed by atoms with Crippen molar-refractivity contribution in [3.63, 3.8) is 0 Å². The lowest BCUT2D eigenvalue weighted by Gasteiger charge is -1.93. The molecule has 1 rings (SSSR count). The second-order valence-electron chi connectivity index (χ2n) is 3.03. The predicted octanol–water partition coefficient (Wildman–Crippen LogP) is 3.91. The summed E-state index contributed by atoms with van der Waals surface area (Å²) in [6.07, 6.45) is 5.10. The third-order valence-electron chi connectivity index (χ3n) is 1.92. The van der Waals surface area contributed by atoms with Gasteiger partial charge >= 0.3 is 0 Å². The van der Waals surface area contributed by atoms with Crippen molar-refractivity contribution < 1.29 is 0 Å². The lowest BCUT2D eigenvalue weighted by Crippen LogP contribution is -1.76. The van der Waals surface area contributed by atoms with Gasteiger partial charge in [-0.3, -0.25) is 0 Å².